The Bertz CT molecular complexity index is 635. The SMILES string of the molecule is CC(O)(c1ccc2c(c1)CCCC2)c1cccnc1N. The van der Waals surface area contributed by atoms with Gasteiger partial charge in [0.05, 0.1) is 0 Å². The number of nitrogens with zero attached hydrogens (tertiary/aromatic N) is 1. The highest BCUT2D eigenvalue weighted by atomic mass is 16.3. The predicted octanol–water partition coefficient (Wildman–Crippen LogP) is 2.80. The van der Waals surface area contributed by atoms with Crippen molar-refractivity contribution in [2.45, 2.75) is 38.2 Å². The number of aliphatic hydroxyl groups is 1. The van der Waals surface area contributed by atoms with E-state index in [1.165, 1.54) is 24.0 Å². The Hall–Kier alpha value is -1.87. The van der Waals surface area contributed by atoms with Crippen LogP contribution in [0.25, 0.3) is 0 Å². The van der Waals surface area contributed by atoms with E-state index >= 15 is 0 Å². The lowest BCUT2D eigenvalue weighted by molar-refractivity contribution is 0.103. The zero-order valence-corrected chi connectivity index (χ0v) is 11.8. The van der Waals surface area contributed by atoms with E-state index in [0.29, 0.717) is 11.4 Å². The maximum absolute atomic E-state index is 10.9. The van der Waals surface area contributed by atoms with Crippen molar-refractivity contribution >= 4 is 5.82 Å². The van der Waals surface area contributed by atoms with Crippen molar-refractivity contribution in [1.29, 1.82) is 0 Å². The van der Waals surface area contributed by atoms with Crippen LogP contribution in [0.4, 0.5) is 5.82 Å². The van der Waals surface area contributed by atoms with E-state index in [9.17, 15) is 5.11 Å². The lowest BCUT2D eigenvalue weighted by atomic mass is 9.83. The molecular formula is C17H20N2O. The minimum absolute atomic E-state index is 0.384. The topological polar surface area (TPSA) is 59.1 Å². The zero-order valence-electron chi connectivity index (χ0n) is 11.8. The van der Waals surface area contributed by atoms with E-state index in [4.69, 9.17) is 5.73 Å². The van der Waals surface area contributed by atoms with Crippen LogP contribution in [0.3, 0.4) is 0 Å². The van der Waals surface area contributed by atoms with Crippen LogP contribution in [-0.2, 0) is 18.4 Å². The highest BCUT2D eigenvalue weighted by Gasteiger charge is 2.29. The summed E-state index contributed by atoms with van der Waals surface area (Å²) in [5.74, 6) is 0.384. The van der Waals surface area contributed by atoms with Gasteiger partial charge in [-0.2, -0.15) is 0 Å². The third kappa shape index (κ3) is 2.18. The predicted molar refractivity (Wildman–Crippen MR) is 80.4 cm³/mol. The quantitative estimate of drug-likeness (QED) is 0.880. The number of hydrogen-bond acceptors (Lipinski definition) is 3. The summed E-state index contributed by atoms with van der Waals surface area (Å²) >= 11 is 0. The van der Waals surface area contributed by atoms with Gasteiger partial charge in [0.2, 0.25) is 0 Å². The van der Waals surface area contributed by atoms with Crippen molar-refractivity contribution in [3.05, 3.63) is 58.8 Å². The van der Waals surface area contributed by atoms with Gasteiger partial charge in [0, 0.05) is 11.8 Å². The summed E-state index contributed by atoms with van der Waals surface area (Å²) in [5, 5.41) is 10.9. The van der Waals surface area contributed by atoms with Gasteiger partial charge in [0.25, 0.3) is 0 Å². The van der Waals surface area contributed by atoms with Crippen LogP contribution in [0.1, 0.15) is 42.0 Å². The Balaban J connectivity index is 2.05. The van der Waals surface area contributed by atoms with E-state index in [0.717, 1.165) is 18.4 Å². The van der Waals surface area contributed by atoms with Crippen molar-refractivity contribution in [3.8, 4) is 0 Å². The lowest BCUT2D eigenvalue weighted by Gasteiger charge is -2.27. The monoisotopic (exact) mass is 268 g/mol. The number of pyridine rings is 1. The van der Waals surface area contributed by atoms with Gasteiger partial charge in [-0.25, -0.2) is 4.98 Å². The molecule has 3 N–H and O–H groups in total. The second kappa shape index (κ2) is 4.91. The standard InChI is InChI=1S/C17H20N2O/c1-17(20,15-7-4-10-19-16(15)18)14-9-8-12-5-2-3-6-13(12)11-14/h4,7-11,20H,2-3,5-6H2,1H3,(H2,18,19). The minimum Gasteiger partial charge on any atom is -0.383 e. The van der Waals surface area contributed by atoms with E-state index in [1.54, 1.807) is 19.2 Å². The van der Waals surface area contributed by atoms with Crippen LogP contribution in [-0.4, -0.2) is 10.1 Å². The molecule has 104 valence electrons. The number of benzene rings is 1. The molecule has 0 saturated heterocycles. The number of aryl methyl sites for hydroxylation is 2. The molecule has 0 fully saturated rings. The number of rotatable bonds is 2. The van der Waals surface area contributed by atoms with Gasteiger partial charge in [-0.05, 0) is 55.4 Å². The molecular weight excluding hydrogens is 248 g/mol. The molecule has 0 spiro atoms. The number of anilines is 1. The number of aromatic nitrogens is 1. The molecule has 3 rings (SSSR count). The van der Waals surface area contributed by atoms with Crippen molar-refractivity contribution in [2.24, 2.45) is 0 Å². The first-order valence-corrected chi connectivity index (χ1v) is 7.14. The summed E-state index contributed by atoms with van der Waals surface area (Å²) in [6, 6.07) is 9.92. The Kier molecular flexibility index (Phi) is 3.22. The number of nitrogen functional groups attached to an aromatic ring is 1. The average Bonchev–Trinajstić information content (AvgIpc) is 2.47. The van der Waals surface area contributed by atoms with Crippen LogP contribution >= 0.6 is 0 Å². The first-order chi connectivity index (χ1) is 9.59. The summed E-state index contributed by atoms with van der Waals surface area (Å²) < 4.78 is 0. The molecule has 0 saturated carbocycles. The molecule has 1 heterocycles. The normalized spacial score (nSPS) is 17.3. The Morgan fingerprint density at radius 3 is 2.65 bits per heavy atom. The Labute approximate surface area is 119 Å². The largest absolute Gasteiger partial charge is 0.383 e. The fourth-order valence-electron chi connectivity index (χ4n) is 3.02. The highest BCUT2D eigenvalue weighted by molar-refractivity contribution is 5.49. The molecule has 0 bridgehead atoms. The van der Waals surface area contributed by atoms with Crippen LogP contribution in [0.15, 0.2) is 36.5 Å². The minimum atomic E-state index is -1.11. The van der Waals surface area contributed by atoms with Gasteiger partial charge in [0.1, 0.15) is 11.4 Å². The smallest absolute Gasteiger partial charge is 0.129 e. The van der Waals surface area contributed by atoms with E-state index in [2.05, 4.69) is 17.1 Å². The molecule has 20 heavy (non-hydrogen) atoms. The molecule has 3 heteroatoms. The van der Waals surface area contributed by atoms with Crippen LogP contribution in [0.2, 0.25) is 0 Å². The molecule has 3 nitrogen and oxygen atoms in total. The first kappa shape index (κ1) is 13.1. The fourth-order valence-corrected chi connectivity index (χ4v) is 3.02. The number of nitrogens with two attached hydrogens (primary N) is 1. The van der Waals surface area contributed by atoms with Crippen molar-refractivity contribution in [1.82, 2.24) is 4.98 Å². The van der Waals surface area contributed by atoms with Crippen molar-refractivity contribution < 1.29 is 5.11 Å². The number of fused-ring (bicyclic) bond motifs is 1. The van der Waals surface area contributed by atoms with Gasteiger partial charge in [0.15, 0.2) is 0 Å². The molecule has 0 amide bonds. The molecule has 1 aliphatic carbocycles. The number of hydrogen-bond donors (Lipinski definition) is 2. The molecule has 1 aromatic heterocycles. The summed E-state index contributed by atoms with van der Waals surface area (Å²) in [6.07, 6.45) is 6.38. The van der Waals surface area contributed by atoms with Crippen molar-refractivity contribution in [2.75, 3.05) is 5.73 Å². The van der Waals surface area contributed by atoms with E-state index < -0.39 is 5.60 Å². The third-order valence-electron chi connectivity index (χ3n) is 4.27. The van der Waals surface area contributed by atoms with Gasteiger partial charge in [-0.1, -0.05) is 24.3 Å². The molecule has 2 aromatic rings. The zero-order chi connectivity index (χ0) is 14.2. The van der Waals surface area contributed by atoms with Crippen LogP contribution < -0.4 is 5.73 Å². The lowest BCUT2D eigenvalue weighted by Crippen LogP contribution is -2.25. The molecule has 1 unspecified atom stereocenters. The van der Waals surface area contributed by atoms with E-state index in [1.807, 2.05) is 12.1 Å². The van der Waals surface area contributed by atoms with Gasteiger partial charge >= 0.3 is 0 Å². The maximum atomic E-state index is 10.9. The molecule has 1 aromatic carbocycles. The summed E-state index contributed by atoms with van der Waals surface area (Å²) in [6.45, 7) is 1.78. The molecule has 0 radical (unpaired) electrons. The fraction of sp³-hybridized carbons (Fsp3) is 0.353. The average molecular weight is 268 g/mol. The second-order valence-electron chi connectivity index (χ2n) is 5.70. The van der Waals surface area contributed by atoms with Gasteiger partial charge in [-0.3, -0.25) is 0 Å². The van der Waals surface area contributed by atoms with E-state index in [-0.39, 0.29) is 0 Å². The summed E-state index contributed by atoms with van der Waals surface area (Å²) in [4.78, 5) is 4.08. The summed E-state index contributed by atoms with van der Waals surface area (Å²) in [5.41, 5.74) is 9.12. The second-order valence-corrected chi connectivity index (χ2v) is 5.70. The first-order valence-electron chi connectivity index (χ1n) is 7.14. The van der Waals surface area contributed by atoms with Gasteiger partial charge < -0.3 is 10.8 Å². The third-order valence-corrected chi connectivity index (χ3v) is 4.27. The summed E-state index contributed by atoms with van der Waals surface area (Å²) in [7, 11) is 0. The van der Waals surface area contributed by atoms with Crippen LogP contribution in [0.5, 0.6) is 0 Å². The molecule has 0 aliphatic heterocycles. The van der Waals surface area contributed by atoms with Crippen LogP contribution in [0, 0.1) is 0 Å². The van der Waals surface area contributed by atoms with Crippen molar-refractivity contribution in [3.63, 3.8) is 0 Å². The van der Waals surface area contributed by atoms with Gasteiger partial charge in [-0.15, -0.1) is 0 Å². The maximum Gasteiger partial charge on any atom is 0.129 e. The Morgan fingerprint density at radius 1 is 1.15 bits per heavy atom. The molecule has 1 atom stereocenters. The highest BCUT2D eigenvalue weighted by Crippen LogP contribution is 2.34. The molecule has 1 aliphatic rings. The Morgan fingerprint density at radius 2 is 1.90 bits per heavy atom.